The first-order chi connectivity index (χ1) is 11.3. The minimum absolute atomic E-state index is 0.810. The molecule has 1 aromatic heterocycles. The van der Waals surface area contributed by atoms with Gasteiger partial charge in [-0.25, -0.2) is 0 Å². The molecule has 1 heterocycles. The molecule has 0 saturated carbocycles. The van der Waals surface area contributed by atoms with Crippen molar-refractivity contribution in [1.29, 1.82) is 0 Å². The van der Waals surface area contributed by atoms with Crippen LogP contribution < -0.4 is 0 Å². The molecule has 4 heteroatoms. The molecule has 2 aromatic carbocycles. The van der Waals surface area contributed by atoms with E-state index in [1.807, 2.05) is 31.3 Å². The second kappa shape index (κ2) is 7.79. The van der Waals surface area contributed by atoms with Crippen molar-refractivity contribution in [1.82, 2.24) is 14.8 Å². The van der Waals surface area contributed by atoms with E-state index < -0.39 is 0 Å². The predicted molar refractivity (Wildman–Crippen MR) is 96.5 cm³/mol. The lowest BCUT2D eigenvalue weighted by atomic mass is 10.1. The quantitative estimate of drug-likeness (QED) is 0.637. The van der Waals surface area contributed by atoms with Crippen molar-refractivity contribution >= 4 is 17.8 Å². The second-order valence-electron chi connectivity index (χ2n) is 5.24. The summed E-state index contributed by atoms with van der Waals surface area (Å²) < 4.78 is 2.08. The van der Waals surface area contributed by atoms with Crippen molar-refractivity contribution in [2.45, 2.75) is 11.6 Å². The van der Waals surface area contributed by atoms with Crippen molar-refractivity contribution in [3.05, 3.63) is 83.7 Å². The number of nitrogens with zero attached hydrogens (tertiary/aromatic N) is 3. The van der Waals surface area contributed by atoms with Gasteiger partial charge in [-0.3, -0.25) is 0 Å². The van der Waals surface area contributed by atoms with E-state index in [4.69, 9.17) is 0 Å². The molecule has 0 atom stereocenters. The van der Waals surface area contributed by atoms with Crippen LogP contribution in [0.15, 0.2) is 71.9 Å². The second-order valence-corrected chi connectivity index (χ2v) is 6.23. The van der Waals surface area contributed by atoms with Gasteiger partial charge in [-0.2, -0.15) is 0 Å². The summed E-state index contributed by atoms with van der Waals surface area (Å²) in [5.74, 6) is 1.87. The third-order valence-corrected chi connectivity index (χ3v) is 4.52. The van der Waals surface area contributed by atoms with Crippen molar-refractivity contribution in [2.75, 3.05) is 5.75 Å². The van der Waals surface area contributed by atoms with E-state index in [-0.39, 0.29) is 0 Å². The zero-order valence-electron chi connectivity index (χ0n) is 13.1. The molecule has 0 aliphatic rings. The first kappa shape index (κ1) is 15.6. The van der Waals surface area contributed by atoms with Crippen LogP contribution in [0.25, 0.3) is 6.08 Å². The lowest BCUT2D eigenvalue weighted by Crippen LogP contribution is -2.00. The smallest absolute Gasteiger partial charge is 0.191 e. The maximum atomic E-state index is 4.32. The van der Waals surface area contributed by atoms with Gasteiger partial charge in [0.25, 0.3) is 0 Å². The molecule has 0 bridgehead atoms. The Morgan fingerprint density at radius 3 is 2.39 bits per heavy atom. The van der Waals surface area contributed by atoms with Gasteiger partial charge in [-0.15, -0.1) is 10.2 Å². The average molecular weight is 321 g/mol. The van der Waals surface area contributed by atoms with Crippen molar-refractivity contribution in [3.63, 3.8) is 0 Å². The third kappa shape index (κ3) is 4.33. The lowest BCUT2D eigenvalue weighted by Gasteiger charge is -2.03. The average Bonchev–Trinajstić information content (AvgIpc) is 2.94. The molecule has 3 aromatic rings. The Morgan fingerprint density at radius 2 is 1.65 bits per heavy atom. The van der Waals surface area contributed by atoms with E-state index in [9.17, 15) is 0 Å². The molecule has 0 N–H and O–H groups in total. The van der Waals surface area contributed by atoms with Gasteiger partial charge in [0.05, 0.1) is 0 Å². The van der Waals surface area contributed by atoms with Gasteiger partial charge in [0.2, 0.25) is 0 Å². The minimum Gasteiger partial charge on any atom is -0.309 e. The van der Waals surface area contributed by atoms with Crippen LogP contribution in [0.1, 0.15) is 17.0 Å². The van der Waals surface area contributed by atoms with Gasteiger partial charge in [-0.1, -0.05) is 84.6 Å². The highest BCUT2D eigenvalue weighted by Gasteiger charge is 2.08. The molecule has 3 nitrogen and oxygen atoms in total. The maximum Gasteiger partial charge on any atom is 0.191 e. The molecule has 0 spiro atoms. The standard InChI is InChI=1S/C19H19N3S/c1-22-18(15-17-11-6-3-7-12-17)20-21-19(22)23-14-8-13-16-9-4-2-5-10-16/h2-13H,14-15H2,1H3/b13-8+. The zero-order chi connectivity index (χ0) is 15.9. The highest BCUT2D eigenvalue weighted by Crippen LogP contribution is 2.17. The van der Waals surface area contributed by atoms with Gasteiger partial charge < -0.3 is 4.57 Å². The first-order valence-corrected chi connectivity index (χ1v) is 8.58. The van der Waals surface area contributed by atoms with Crippen molar-refractivity contribution in [2.24, 2.45) is 7.05 Å². The summed E-state index contributed by atoms with van der Waals surface area (Å²) in [5, 5.41) is 9.57. The summed E-state index contributed by atoms with van der Waals surface area (Å²) in [7, 11) is 2.03. The molecular formula is C19H19N3S. The van der Waals surface area contributed by atoms with Crippen molar-refractivity contribution in [3.8, 4) is 0 Å². The van der Waals surface area contributed by atoms with Crippen LogP contribution in [0.2, 0.25) is 0 Å². The largest absolute Gasteiger partial charge is 0.309 e. The summed E-state index contributed by atoms with van der Waals surface area (Å²) in [6.45, 7) is 0. The molecular weight excluding hydrogens is 302 g/mol. The fraction of sp³-hybridized carbons (Fsp3) is 0.158. The molecule has 0 amide bonds. The Bertz CT molecular complexity index is 764. The molecule has 0 unspecified atom stereocenters. The van der Waals surface area contributed by atoms with Gasteiger partial charge in [0.15, 0.2) is 5.16 Å². The van der Waals surface area contributed by atoms with Crippen molar-refractivity contribution < 1.29 is 0 Å². The summed E-state index contributed by atoms with van der Waals surface area (Å²) in [6, 6.07) is 20.7. The topological polar surface area (TPSA) is 30.7 Å². The summed E-state index contributed by atoms with van der Waals surface area (Å²) in [4.78, 5) is 0. The van der Waals surface area contributed by atoms with Crippen LogP contribution in [0.4, 0.5) is 0 Å². The number of rotatable bonds is 6. The Kier molecular flexibility index (Phi) is 5.27. The van der Waals surface area contributed by atoms with Gasteiger partial charge in [0.1, 0.15) is 5.82 Å². The normalized spacial score (nSPS) is 11.2. The predicted octanol–water partition coefficient (Wildman–Crippen LogP) is 4.21. The highest BCUT2D eigenvalue weighted by atomic mass is 32.2. The van der Waals surface area contributed by atoms with E-state index in [1.165, 1.54) is 11.1 Å². The molecule has 116 valence electrons. The Morgan fingerprint density at radius 1 is 0.957 bits per heavy atom. The van der Waals surface area contributed by atoms with E-state index in [0.29, 0.717) is 0 Å². The SMILES string of the molecule is Cn1c(Cc2ccccc2)nnc1SC/C=C/c1ccccc1. The molecule has 0 fully saturated rings. The van der Waals surface area contributed by atoms with Gasteiger partial charge in [0, 0.05) is 19.2 Å². The highest BCUT2D eigenvalue weighted by molar-refractivity contribution is 7.99. The maximum absolute atomic E-state index is 4.32. The fourth-order valence-corrected chi connectivity index (χ4v) is 3.01. The van der Waals surface area contributed by atoms with Crippen LogP contribution in [0.3, 0.4) is 0 Å². The fourth-order valence-electron chi connectivity index (χ4n) is 2.27. The molecule has 0 aliphatic carbocycles. The van der Waals surface area contributed by atoms with E-state index in [2.05, 4.69) is 63.3 Å². The van der Waals surface area contributed by atoms with Crippen LogP contribution in [-0.4, -0.2) is 20.5 Å². The minimum atomic E-state index is 0.810. The van der Waals surface area contributed by atoms with E-state index in [0.717, 1.165) is 23.2 Å². The molecule has 3 rings (SSSR count). The number of benzene rings is 2. The number of thioether (sulfide) groups is 1. The first-order valence-electron chi connectivity index (χ1n) is 7.59. The summed E-state index contributed by atoms with van der Waals surface area (Å²) >= 11 is 1.70. The van der Waals surface area contributed by atoms with E-state index >= 15 is 0 Å². The molecule has 23 heavy (non-hydrogen) atoms. The summed E-state index contributed by atoms with van der Waals surface area (Å²) in [6.07, 6.45) is 5.10. The number of aromatic nitrogens is 3. The number of hydrogen-bond acceptors (Lipinski definition) is 3. The third-order valence-electron chi connectivity index (χ3n) is 3.55. The number of hydrogen-bond donors (Lipinski definition) is 0. The Hall–Kier alpha value is -2.33. The van der Waals surface area contributed by atoms with Gasteiger partial charge in [-0.05, 0) is 11.1 Å². The van der Waals surface area contributed by atoms with Gasteiger partial charge >= 0.3 is 0 Å². The van der Waals surface area contributed by atoms with Crippen LogP contribution in [-0.2, 0) is 13.5 Å². The van der Waals surface area contributed by atoms with Crippen LogP contribution in [0.5, 0.6) is 0 Å². The van der Waals surface area contributed by atoms with E-state index in [1.54, 1.807) is 11.8 Å². The Labute approximate surface area is 141 Å². The molecule has 0 saturated heterocycles. The van der Waals surface area contributed by atoms with Crippen LogP contribution >= 0.6 is 11.8 Å². The summed E-state index contributed by atoms with van der Waals surface area (Å²) in [5.41, 5.74) is 2.47. The van der Waals surface area contributed by atoms with Crippen LogP contribution in [0, 0.1) is 0 Å². The monoisotopic (exact) mass is 321 g/mol. The zero-order valence-corrected chi connectivity index (χ0v) is 13.9. The molecule has 0 aliphatic heterocycles. The molecule has 0 radical (unpaired) electrons. The lowest BCUT2D eigenvalue weighted by molar-refractivity contribution is 0.749. The Balaban J connectivity index is 1.58.